The van der Waals surface area contributed by atoms with Gasteiger partial charge in [-0.15, -0.1) is 0 Å². The molecule has 0 N–H and O–H groups in total. The molecule has 2 rings (SSSR count). The van der Waals surface area contributed by atoms with Crippen LogP contribution < -0.4 is 4.74 Å². The molecule has 0 saturated carbocycles. The molecule has 1 heterocycles. The number of nitro groups is 1. The fraction of sp³-hybridized carbons (Fsp3) is 0.273. The summed E-state index contributed by atoms with van der Waals surface area (Å²) in [5.74, 6) is 1.34. The van der Waals surface area contributed by atoms with E-state index in [0.717, 1.165) is 0 Å². The molecule has 1 aromatic heterocycles. The van der Waals surface area contributed by atoms with Crippen molar-refractivity contribution >= 4 is 17.3 Å². The topological polar surface area (TPSA) is 91.3 Å². The summed E-state index contributed by atoms with van der Waals surface area (Å²) in [4.78, 5) is 14.1. The molecule has 0 aliphatic carbocycles. The fourth-order valence-electron chi connectivity index (χ4n) is 1.37. The lowest BCUT2D eigenvalue weighted by Gasteiger charge is -2.03. The maximum atomic E-state index is 10.6. The molecule has 0 saturated heterocycles. The summed E-state index contributed by atoms with van der Waals surface area (Å²) >= 11 is 5.76. The van der Waals surface area contributed by atoms with Gasteiger partial charge in [-0.3, -0.25) is 10.1 Å². The second-order valence-electron chi connectivity index (χ2n) is 3.62. The molecule has 0 amide bonds. The molecule has 0 atom stereocenters. The second kappa shape index (κ2) is 5.66. The highest BCUT2D eigenvalue weighted by atomic mass is 35.5. The van der Waals surface area contributed by atoms with Crippen molar-refractivity contribution in [1.82, 2.24) is 10.1 Å². The van der Waals surface area contributed by atoms with Crippen LogP contribution in [0, 0.1) is 10.1 Å². The average molecular weight is 284 g/mol. The monoisotopic (exact) mass is 283 g/mol. The van der Waals surface area contributed by atoms with Crippen LogP contribution in [0.3, 0.4) is 0 Å². The van der Waals surface area contributed by atoms with Crippen LogP contribution in [0.5, 0.6) is 5.75 Å². The van der Waals surface area contributed by atoms with Crippen molar-refractivity contribution in [3.05, 3.63) is 45.1 Å². The molecule has 0 fully saturated rings. The molecule has 0 bridgehead atoms. The standard InChI is InChI=1S/C11H10ClN3O4/c1-2-11-13-10(14-19-11)6-18-7-3-4-9(15(16)17)8(12)5-7/h3-5H,2,6H2,1H3. The first-order valence-corrected chi connectivity index (χ1v) is 5.86. The Morgan fingerprint density at radius 2 is 2.32 bits per heavy atom. The van der Waals surface area contributed by atoms with Gasteiger partial charge in [-0.25, -0.2) is 0 Å². The van der Waals surface area contributed by atoms with E-state index in [9.17, 15) is 10.1 Å². The zero-order valence-corrected chi connectivity index (χ0v) is 10.8. The lowest BCUT2D eigenvalue weighted by molar-refractivity contribution is -0.384. The first kappa shape index (κ1) is 13.3. The van der Waals surface area contributed by atoms with Gasteiger partial charge in [0.05, 0.1) is 4.92 Å². The second-order valence-corrected chi connectivity index (χ2v) is 4.02. The molecule has 0 spiro atoms. The predicted molar refractivity (Wildman–Crippen MR) is 66.1 cm³/mol. The average Bonchev–Trinajstić information content (AvgIpc) is 2.84. The van der Waals surface area contributed by atoms with Crippen LogP contribution in [0.4, 0.5) is 5.69 Å². The third-order valence-corrected chi connectivity index (χ3v) is 2.60. The summed E-state index contributed by atoms with van der Waals surface area (Å²) in [6.45, 7) is 2.01. The Kier molecular flexibility index (Phi) is 3.96. The normalized spacial score (nSPS) is 10.4. The minimum absolute atomic E-state index is 0.0184. The van der Waals surface area contributed by atoms with Crippen LogP contribution in [0.2, 0.25) is 5.02 Å². The van der Waals surface area contributed by atoms with E-state index in [2.05, 4.69) is 10.1 Å². The number of aryl methyl sites for hydroxylation is 1. The quantitative estimate of drug-likeness (QED) is 0.619. The largest absolute Gasteiger partial charge is 0.485 e. The van der Waals surface area contributed by atoms with Crippen molar-refractivity contribution in [2.75, 3.05) is 0 Å². The van der Waals surface area contributed by atoms with Gasteiger partial charge in [-0.1, -0.05) is 23.7 Å². The van der Waals surface area contributed by atoms with E-state index in [4.69, 9.17) is 20.9 Å². The minimum Gasteiger partial charge on any atom is -0.485 e. The number of hydrogen-bond acceptors (Lipinski definition) is 6. The fourth-order valence-corrected chi connectivity index (χ4v) is 1.61. The van der Waals surface area contributed by atoms with Crippen LogP contribution in [0.15, 0.2) is 22.7 Å². The number of benzene rings is 1. The molecular weight excluding hydrogens is 274 g/mol. The molecule has 8 heteroatoms. The van der Waals surface area contributed by atoms with Crippen LogP contribution in [0.1, 0.15) is 18.6 Å². The van der Waals surface area contributed by atoms with Crippen molar-refractivity contribution in [2.45, 2.75) is 20.0 Å². The van der Waals surface area contributed by atoms with Gasteiger partial charge < -0.3 is 9.26 Å². The molecule has 0 aliphatic heterocycles. The van der Waals surface area contributed by atoms with Gasteiger partial charge in [0.2, 0.25) is 11.7 Å². The summed E-state index contributed by atoms with van der Waals surface area (Å²) in [5.41, 5.74) is -0.165. The Hall–Kier alpha value is -2.15. The van der Waals surface area contributed by atoms with Crippen molar-refractivity contribution in [1.29, 1.82) is 0 Å². The van der Waals surface area contributed by atoms with Gasteiger partial charge in [0.15, 0.2) is 6.61 Å². The van der Waals surface area contributed by atoms with E-state index in [1.807, 2.05) is 6.92 Å². The molecule has 0 unspecified atom stereocenters. The van der Waals surface area contributed by atoms with Gasteiger partial charge in [0.1, 0.15) is 10.8 Å². The lowest BCUT2D eigenvalue weighted by atomic mass is 10.3. The van der Waals surface area contributed by atoms with Crippen LogP contribution in [-0.2, 0) is 13.0 Å². The third-order valence-electron chi connectivity index (χ3n) is 2.30. The molecule has 19 heavy (non-hydrogen) atoms. The number of nitrogens with zero attached hydrogens (tertiary/aromatic N) is 3. The number of ether oxygens (including phenoxy) is 1. The lowest BCUT2D eigenvalue weighted by Crippen LogP contribution is -1.98. The molecule has 100 valence electrons. The van der Waals surface area contributed by atoms with Crippen molar-refractivity contribution in [3.8, 4) is 5.75 Å². The van der Waals surface area contributed by atoms with E-state index in [1.165, 1.54) is 18.2 Å². The Labute approximate surface area is 113 Å². The van der Waals surface area contributed by atoms with E-state index in [1.54, 1.807) is 0 Å². The maximum Gasteiger partial charge on any atom is 0.288 e. The molecule has 0 aliphatic rings. The molecule has 2 aromatic rings. The first-order chi connectivity index (χ1) is 9.10. The Balaban J connectivity index is 2.03. The van der Waals surface area contributed by atoms with Crippen LogP contribution in [-0.4, -0.2) is 15.1 Å². The van der Waals surface area contributed by atoms with E-state index in [-0.39, 0.29) is 17.3 Å². The maximum absolute atomic E-state index is 10.6. The predicted octanol–water partition coefficient (Wildman–Crippen LogP) is 2.77. The molecule has 1 aromatic carbocycles. The van der Waals surface area contributed by atoms with Gasteiger partial charge in [-0.2, -0.15) is 4.98 Å². The Morgan fingerprint density at radius 3 is 2.89 bits per heavy atom. The number of rotatable bonds is 5. The number of hydrogen-bond donors (Lipinski definition) is 0. The molecular formula is C11H10ClN3O4. The van der Waals surface area contributed by atoms with E-state index < -0.39 is 4.92 Å². The van der Waals surface area contributed by atoms with Crippen LogP contribution in [0.25, 0.3) is 0 Å². The smallest absolute Gasteiger partial charge is 0.288 e. The summed E-state index contributed by atoms with van der Waals surface area (Å²) in [6.07, 6.45) is 0.649. The first-order valence-electron chi connectivity index (χ1n) is 5.48. The minimum atomic E-state index is -0.557. The van der Waals surface area contributed by atoms with Crippen molar-refractivity contribution in [2.24, 2.45) is 0 Å². The third kappa shape index (κ3) is 3.19. The molecule has 7 nitrogen and oxygen atoms in total. The zero-order valence-electron chi connectivity index (χ0n) is 10.00. The summed E-state index contributed by atoms with van der Waals surface area (Å²) in [5, 5.41) is 14.3. The van der Waals surface area contributed by atoms with Crippen molar-refractivity contribution < 1.29 is 14.2 Å². The van der Waals surface area contributed by atoms with Crippen LogP contribution >= 0.6 is 11.6 Å². The highest BCUT2D eigenvalue weighted by Crippen LogP contribution is 2.28. The van der Waals surface area contributed by atoms with Gasteiger partial charge in [0.25, 0.3) is 5.69 Å². The summed E-state index contributed by atoms with van der Waals surface area (Å²) in [6, 6.07) is 4.12. The number of aromatic nitrogens is 2. The van der Waals surface area contributed by atoms with Gasteiger partial charge >= 0.3 is 0 Å². The summed E-state index contributed by atoms with van der Waals surface area (Å²) in [7, 11) is 0. The number of halogens is 1. The zero-order chi connectivity index (χ0) is 13.8. The summed E-state index contributed by atoms with van der Waals surface area (Å²) < 4.78 is 10.3. The Bertz CT molecular complexity index is 599. The van der Waals surface area contributed by atoms with Gasteiger partial charge in [0, 0.05) is 18.6 Å². The molecule has 0 radical (unpaired) electrons. The Morgan fingerprint density at radius 1 is 1.53 bits per heavy atom. The van der Waals surface area contributed by atoms with Crippen molar-refractivity contribution in [3.63, 3.8) is 0 Å². The van der Waals surface area contributed by atoms with Gasteiger partial charge in [-0.05, 0) is 6.07 Å². The highest BCUT2D eigenvalue weighted by molar-refractivity contribution is 6.32. The van der Waals surface area contributed by atoms with E-state index in [0.29, 0.717) is 23.9 Å². The van der Waals surface area contributed by atoms with E-state index >= 15 is 0 Å². The highest BCUT2D eigenvalue weighted by Gasteiger charge is 2.13. The SMILES string of the molecule is CCc1nc(COc2ccc([N+](=O)[O-])c(Cl)c2)no1. The number of nitro benzene ring substituents is 1.